The summed E-state index contributed by atoms with van der Waals surface area (Å²) in [6.45, 7) is -0.0595. The highest BCUT2D eigenvalue weighted by Gasteiger charge is 2.44. The molecule has 162 valence electrons. The summed E-state index contributed by atoms with van der Waals surface area (Å²) in [4.78, 5) is 18.1. The van der Waals surface area contributed by atoms with Crippen molar-refractivity contribution in [3.63, 3.8) is 0 Å². The van der Waals surface area contributed by atoms with Gasteiger partial charge in [0.25, 0.3) is 0 Å². The number of ether oxygens (including phenoxy) is 1. The Morgan fingerprint density at radius 2 is 1.93 bits per heavy atom. The molecule has 1 aromatic heterocycles. The monoisotopic (exact) mass is 417 g/mol. The Hall–Kier alpha value is -2.56. The molecule has 2 heterocycles. The summed E-state index contributed by atoms with van der Waals surface area (Å²) in [6, 6.07) is 9.54. The number of imidazole rings is 1. The van der Waals surface area contributed by atoms with Gasteiger partial charge in [0.05, 0.1) is 18.6 Å². The highest BCUT2D eigenvalue weighted by Crippen LogP contribution is 2.28. The molecule has 1 aliphatic rings. The molecule has 30 heavy (non-hydrogen) atoms. The van der Waals surface area contributed by atoms with Crippen LogP contribution in [0.25, 0.3) is 6.08 Å². The van der Waals surface area contributed by atoms with Gasteiger partial charge in [-0.25, -0.2) is 4.98 Å². The number of hydrogen-bond donors (Lipinski definition) is 4. The van der Waals surface area contributed by atoms with Crippen LogP contribution in [0.3, 0.4) is 0 Å². The summed E-state index contributed by atoms with van der Waals surface area (Å²) in [5.74, 6) is -0.132. The molecule has 0 spiro atoms. The molecule has 2 aromatic rings. The Morgan fingerprint density at radius 1 is 1.20 bits per heavy atom. The third-order valence-electron chi connectivity index (χ3n) is 5.11. The van der Waals surface area contributed by atoms with E-state index in [9.17, 15) is 25.2 Å². The molecule has 1 fully saturated rings. The lowest BCUT2D eigenvalue weighted by molar-refractivity contribution is -0.251. The minimum absolute atomic E-state index is 0.132. The first kappa shape index (κ1) is 22.1. The van der Waals surface area contributed by atoms with Gasteiger partial charge in [0, 0.05) is 32.3 Å². The average molecular weight is 417 g/mol. The molecule has 1 aliphatic heterocycles. The lowest BCUT2D eigenvalue weighted by Gasteiger charge is -2.40. The van der Waals surface area contributed by atoms with Gasteiger partial charge in [0.2, 0.25) is 5.91 Å². The lowest BCUT2D eigenvalue weighted by Crippen LogP contribution is -2.56. The Morgan fingerprint density at radius 3 is 2.63 bits per heavy atom. The van der Waals surface area contributed by atoms with Crippen LogP contribution in [0.2, 0.25) is 0 Å². The molecule has 9 nitrogen and oxygen atoms in total. The van der Waals surface area contributed by atoms with Crippen LogP contribution >= 0.6 is 0 Å². The number of hydrogen-bond acceptors (Lipinski definition) is 7. The summed E-state index contributed by atoms with van der Waals surface area (Å²) in [5, 5.41) is 39.3. The zero-order valence-electron chi connectivity index (χ0n) is 16.7. The van der Waals surface area contributed by atoms with E-state index in [1.807, 2.05) is 30.3 Å². The molecular weight excluding hydrogens is 390 g/mol. The first-order valence-electron chi connectivity index (χ1n) is 9.71. The molecule has 1 saturated heterocycles. The first-order valence-corrected chi connectivity index (χ1v) is 9.71. The predicted octanol–water partition coefficient (Wildman–Crippen LogP) is -0.430. The molecule has 1 amide bonds. The van der Waals surface area contributed by atoms with Crippen molar-refractivity contribution in [1.82, 2.24) is 14.5 Å². The van der Waals surface area contributed by atoms with Crippen molar-refractivity contribution in [2.75, 3.05) is 20.2 Å². The molecular formula is C21H27N3O6. The molecule has 1 aromatic carbocycles. The largest absolute Gasteiger partial charge is 0.394 e. The maximum atomic E-state index is 12.3. The van der Waals surface area contributed by atoms with E-state index in [0.29, 0.717) is 18.7 Å². The second-order valence-corrected chi connectivity index (χ2v) is 7.29. The number of rotatable bonds is 7. The minimum atomic E-state index is -1.45. The van der Waals surface area contributed by atoms with Crippen LogP contribution in [-0.4, -0.2) is 85.4 Å². The number of nitrogens with zero attached hydrogens (tertiary/aromatic N) is 3. The fourth-order valence-electron chi connectivity index (χ4n) is 3.23. The van der Waals surface area contributed by atoms with Crippen molar-refractivity contribution in [2.45, 2.75) is 37.1 Å². The molecule has 9 heteroatoms. The van der Waals surface area contributed by atoms with Crippen molar-refractivity contribution in [3.05, 3.63) is 60.2 Å². The summed E-state index contributed by atoms with van der Waals surface area (Å²) in [7, 11) is 1.70. The van der Waals surface area contributed by atoms with E-state index in [0.717, 1.165) is 5.56 Å². The van der Waals surface area contributed by atoms with Gasteiger partial charge in [-0.2, -0.15) is 0 Å². The number of likely N-dealkylation sites (N-methyl/N-ethyl adjacent to an activating group) is 1. The second-order valence-electron chi connectivity index (χ2n) is 7.29. The minimum Gasteiger partial charge on any atom is -0.394 e. The normalized spacial score (nSPS) is 26.8. The van der Waals surface area contributed by atoms with Crippen LogP contribution in [0.5, 0.6) is 0 Å². The van der Waals surface area contributed by atoms with Crippen LogP contribution in [0.4, 0.5) is 0 Å². The van der Waals surface area contributed by atoms with E-state index in [1.165, 1.54) is 17.0 Å². The van der Waals surface area contributed by atoms with Gasteiger partial charge >= 0.3 is 0 Å². The van der Waals surface area contributed by atoms with Crippen molar-refractivity contribution in [1.29, 1.82) is 0 Å². The Labute approximate surface area is 174 Å². The highest BCUT2D eigenvalue weighted by molar-refractivity contribution is 5.91. The fourth-order valence-corrected chi connectivity index (χ4v) is 3.23. The summed E-state index contributed by atoms with van der Waals surface area (Å²) in [5.41, 5.74) is 1.61. The maximum absolute atomic E-state index is 12.3. The third-order valence-corrected chi connectivity index (χ3v) is 5.11. The van der Waals surface area contributed by atoms with Crippen LogP contribution in [0, 0.1) is 0 Å². The van der Waals surface area contributed by atoms with Crippen LogP contribution in [0.1, 0.15) is 17.5 Å². The fraction of sp³-hybridized carbons (Fsp3) is 0.429. The zero-order chi connectivity index (χ0) is 21.7. The zero-order valence-corrected chi connectivity index (χ0v) is 16.7. The molecule has 0 bridgehead atoms. The van der Waals surface area contributed by atoms with Crippen molar-refractivity contribution >= 4 is 12.0 Å². The Kier molecular flexibility index (Phi) is 7.35. The average Bonchev–Trinajstić information content (AvgIpc) is 3.24. The number of benzene rings is 1. The molecule has 5 atom stereocenters. The Bertz CT molecular complexity index is 853. The number of carbonyl (C=O) groups is 1. The Balaban J connectivity index is 1.56. The van der Waals surface area contributed by atoms with E-state index in [4.69, 9.17) is 4.74 Å². The maximum Gasteiger partial charge on any atom is 0.246 e. The van der Waals surface area contributed by atoms with Gasteiger partial charge in [-0.15, -0.1) is 0 Å². The van der Waals surface area contributed by atoms with Crippen molar-refractivity contribution < 1.29 is 30.0 Å². The van der Waals surface area contributed by atoms with E-state index in [2.05, 4.69) is 4.98 Å². The topological polar surface area (TPSA) is 128 Å². The number of amides is 1. The van der Waals surface area contributed by atoms with Gasteiger partial charge in [0.1, 0.15) is 24.4 Å². The van der Waals surface area contributed by atoms with Crippen LogP contribution < -0.4 is 0 Å². The number of aliphatic hydroxyl groups is 4. The molecule has 0 saturated carbocycles. The van der Waals surface area contributed by atoms with Gasteiger partial charge in [0.15, 0.2) is 6.23 Å². The summed E-state index contributed by atoms with van der Waals surface area (Å²) < 4.78 is 6.99. The van der Waals surface area contributed by atoms with Gasteiger partial charge in [-0.3, -0.25) is 4.79 Å². The quantitative estimate of drug-likeness (QED) is 0.450. The second kappa shape index (κ2) is 9.96. The predicted molar refractivity (Wildman–Crippen MR) is 108 cm³/mol. The van der Waals surface area contributed by atoms with E-state index < -0.39 is 37.3 Å². The SMILES string of the molecule is CN(CCc1cn([C@@H]2O[C@H](CO)[C@@H](O)[C@H](O)[C@H]2O)cn1)C(=O)/C=C/c1ccccc1. The van der Waals surface area contributed by atoms with Gasteiger partial charge in [-0.1, -0.05) is 30.3 Å². The van der Waals surface area contributed by atoms with Gasteiger partial charge < -0.3 is 34.6 Å². The van der Waals surface area contributed by atoms with E-state index in [1.54, 1.807) is 24.2 Å². The van der Waals surface area contributed by atoms with Gasteiger partial charge in [-0.05, 0) is 11.6 Å². The van der Waals surface area contributed by atoms with Crippen LogP contribution in [0.15, 0.2) is 48.9 Å². The summed E-state index contributed by atoms with van der Waals surface area (Å²) >= 11 is 0. The standard InChI is InChI=1S/C21H27N3O6/c1-23(17(26)8-7-14-5-3-2-4-6-14)10-9-15-11-24(13-22-15)21-20(29)19(28)18(27)16(12-25)30-21/h2-8,11,13,16,18-21,25,27-29H,9-10,12H2,1H3/b8-7+/t16-,18-,19+,20-,21-/m1/s1. The van der Waals surface area contributed by atoms with E-state index >= 15 is 0 Å². The molecule has 0 radical (unpaired) electrons. The molecule has 3 rings (SSSR count). The van der Waals surface area contributed by atoms with Crippen LogP contribution in [-0.2, 0) is 16.0 Å². The molecule has 0 aliphatic carbocycles. The van der Waals surface area contributed by atoms with Crippen molar-refractivity contribution in [2.24, 2.45) is 0 Å². The highest BCUT2D eigenvalue weighted by atomic mass is 16.6. The van der Waals surface area contributed by atoms with Crippen molar-refractivity contribution in [3.8, 4) is 0 Å². The number of carbonyl (C=O) groups excluding carboxylic acids is 1. The number of aliphatic hydroxyl groups excluding tert-OH is 4. The third kappa shape index (κ3) is 5.13. The molecule has 4 N–H and O–H groups in total. The smallest absolute Gasteiger partial charge is 0.246 e. The first-order chi connectivity index (χ1) is 14.4. The van der Waals surface area contributed by atoms with E-state index in [-0.39, 0.29) is 5.91 Å². The lowest BCUT2D eigenvalue weighted by atomic mass is 9.98. The number of aromatic nitrogens is 2. The molecule has 0 unspecified atom stereocenters. The summed E-state index contributed by atoms with van der Waals surface area (Å²) in [6.07, 6.45) is 0.621.